The lowest BCUT2D eigenvalue weighted by Crippen LogP contribution is -2.25. The zero-order valence-electron chi connectivity index (χ0n) is 16.6. The highest BCUT2D eigenvalue weighted by molar-refractivity contribution is 8.32. The molecule has 0 aromatic heterocycles. The summed E-state index contributed by atoms with van der Waals surface area (Å²) in [7, 11) is -0.878. The normalized spacial score (nSPS) is 14.0. The van der Waals surface area contributed by atoms with Gasteiger partial charge in [-0.05, 0) is 60.6 Å². The quantitative estimate of drug-likeness (QED) is 0.459. The zero-order chi connectivity index (χ0) is 17.9. The van der Waals surface area contributed by atoms with Crippen LogP contribution in [-0.4, -0.2) is 32.2 Å². The Bertz CT molecular complexity index is 507. The molecule has 2 nitrogen and oxygen atoms in total. The molecule has 0 unspecified atom stereocenters. The second kappa shape index (κ2) is 7.48. The highest BCUT2D eigenvalue weighted by atomic mass is 32.3. The predicted octanol–water partition coefficient (Wildman–Crippen LogP) is 5.83. The minimum absolute atomic E-state index is 0.149. The van der Waals surface area contributed by atoms with Gasteiger partial charge < -0.3 is 9.47 Å². The van der Waals surface area contributed by atoms with Gasteiger partial charge in [0.15, 0.2) is 6.79 Å². The largest absolute Gasteiger partial charge is 0.466 e. The monoisotopic (exact) mass is 340 g/mol. The van der Waals surface area contributed by atoms with E-state index in [1.807, 2.05) is 6.92 Å². The van der Waals surface area contributed by atoms with Crippen LogP contribution in [0.15, 0.2) is 23.1 Å². The third-order valence-electron chi connectivity index (χ3n) is 3.86. The van der Waals surface area contributed by atoms with E-state index in [4.69, 9.17) is 9.47 Å². The van der Waals surface area contributed by atoms with E-state index < -0.39 is 10.0 Å². The Kier molecular flexibility index (Phi) is 6.63. The molecule has 0 saturated carbocycles. The summed E-state index contributed by atoms with van der Waals surface area (Å²) in [5.74, 6) is 0.969. The van der Waals surface area contributed by atoms with Crippen LogP contribution in [-0.2, 0) is 10.2 Å². The van der Waals surface area contributed by atoms with E-state index >= 15 is 0 Å². The summed E-state index contributed by atoms with van der Waals surface area (Å²) in [5.41, 5.74) is 1.85. The molecule has 0 heterocycles. The van der Waals surface area contributed by atoms with Gasteiger partial charge in [0.1, 0.15) is 5.75 Å². The van der Waals surface area contributed by atoms with Crippen molar-refractivity contribution in [1.29, 1.82) is 0 Å². The fraction of sp³-hybridized carbons (Fsp3) is 0.700. The lowest BCUT2D eigenvalue weighted by Gasteiger charge is -2.35. The van der Waals surface area contributed by atoms with Crippen LogP contribution in [0.5, 0.6) is 5.75 Å². The van der Waals surface area contributed by atoms with Crippen LogP contribution in [0.2, 0.25) is 0 Å². The van der Waals surface area contributed by atoms with Gasteiger partial charge in [-0.2, -0.15) is 0 Å². The summed E-state index contributed by atoms with van der Waals surface area (Å²) in [6.45, 7) is 14.6. The molecule has 0 aliphatic carbocycles. The van der Waals surface area contributed by atoms with Crippen LogP contribution in [0.25, 0.3) is 0 Å². The van der Waals surface area contributed by atoms with Crippen LogP contribution >= 0.6 is 10.0 Å². The summed E-state index contributed by atoms with van der Waals surface area (Å²) < 4.78 is 11.2. The topological polar surface area (TPSA) is 18.5 Å². The predicted molar refractivity (Wildman–Crippen MR) is 104 cm³/mol. The third-order valence-corrected chi connectivity index (χ3v) is 5.50. The maximum Gasteiger partial charge on any atom is 0.189 e. The molecule has 0 fully saturated rings. The first-order valence-corrected chi connectivity index (χ1v) is 11.3. The fourth-order valence-electron chi connectivity index (χ4n) is 3.14. The van der Waals surface area contributed by atoms with Crippen molar-refractivity contribution in [3.05, 3.63) is 23.8 Å². The molecule has 23 heavy (non-hydrogen) atoms. The first kappa shape index (κ1) is 20.4. The highest BCUT2D eigenvalue weighted by Crippen LogP contribution is 2.51. The summed E-state index contributed by atoms with van der Waals surface area (Å²) in [6.07, 6.45) is 8.10. The van der Waals surface area contributed by atoms with E-state index in [-0.39, 0.29) is 5.41 Å². The summed E-state index contributed by atoms with van der Waals surface area (Å²) in [6, 6.07) is 6.72. The Labute approximate surface area is 145 Å². The molecule has 0 aliphatic rings. The molecular weight excluding hydrogens is 304 g/mol. The first-order chi connectivity index (χ1) is 10.4. The van der Waals surface area contributed by atoms with E-state index in [2.05, 4.69) is 71.6 Å². The van der Waals surface area contributed by atoms with Crippen LogP contribution in [0, 0.1) is 5.41 Å². The van der Waals surface area contributed by atoms with Gasteiger partial charge >= 0.3 is 0 Å². The van der Waals surface area contributed by atoms with Gasteiger partial charge in [-0.3, -0.25) is 0 Å². The highest BCUT2D eigenvalue weighted by Gasteiger charge is 2.28. The van der Waals surface area contributed by atoms with E-state index in [1.165, 1.54) is 10.5 Å². The minimum atomic E-state index is -0.878. The van der Waals surface area contributed by atoms with Gasteiger partial charge in [-0.15, -0.1) is 0 Å². The van der Waals surface area contributed by atoms with E-state index in [0.29, 0.717) is 18.8 Å². The second-order valence-electron chi connectivity index (χ2n) is 8.87. The Morgan fingerprint density at radius 3 is 2.09 bits per heavy atom. The van der Waals surface area contributed by atoms with Gasteiger partial charge in [0.2, 0.25) is 0 Å². The van der Waals surface area contributed by atoms with Gasteiger partial charge in [0, 0.05) is 11.5 Å². The molecule has 1 aromatic carbocycles. The minimum Gasteiger partial charge on any atom is -0.466 e. The Hall–Kier alpha value is -0.670. The second-order valence-corrected chi connectivity index (χ2v) is 13.0. The number of hydrogen-bond donors (Lipinski definition) is 0. The molecule has 134 valence electrons. The first-order valence-electron chi connectivity index (χ1n) is 8.40. The molecule has 0 amide bonds. The number of hydrogen-bond acceptors (Lipinski definition) is 2. The van der Waals surface area contributed by atoms with Crippen molar-refractivity contribution < 1.29 is 9.47 Å². The Morgan fingerprint density at radius 2 is 1.61 bits per heavy atom. The molecule has 0 atom stereocenters. The average molecular weight is 341 g/mol. The number of benzene rings is 1. The maximum absolute atomic E-state index is 5.87. The zero-order valence-corrected chi connectivity index (χ0v) is 17.4. The average Bonchev–Trinajstić information content (AvgIpc) is 2.35. The molecule has 0 N–H and O–H groups in total. The third kappa shape index (κ3) is 6.39. The van der Waals surface area contributed by atoms with Crippen LogP contribution in [0.3, 0.4) is 0 Å². The van der Waals surface area contributed by atoms with E-state index in [1.54, 1.807) is 0 Å². The van der Waals surface area contributed by atoms with Crippen molar-refractivity contribution in [2.45, 2.75) is 58.3 Å². The van der Waals surface area contributed by atoms with Crippen molar-refractivity contribution in [2.75, 3.05) is 32.2 Å². The van der Waals surface area contributed by atoms with Crippen molar-refractivity contribution >= 4 is 10.0 Å². The van der Waals surface area contributed by atoms with Gasteiger partial charge in [-0.1, -0.05) is 40.7 Å². The molecule has 1 rings (SSSR count). The Balaban J connectivity index is 3.18. The van der Waals surface area contributed by atoms with Gasteiger partial charge in [0.25, 0.3) is 0 Å². The van der Waals surface area contributed by atoms with E-state index in [0.717, 1.165) is 12.2 Å². The molecule has 3 heteroatoms. The van der Waals surface area contributed by atoms with Crippen LogP contribution in [0.1, 0.15) is 53.5 Å². The maximum atomic E-state index is 5.87. The number of rotatable bonds is 7. The van der Waals surface area contributed by atoms with E-state index in [9.17, 15) is 0 Å². The van der Waals surface area contributed by atoms with Crippen molar-refractivity contribution in [3.63, 3.8) is 0 Å². The molecule has 0 radical (unpaired) electrons. The van der Waals surface area contributed by atoms with Gasteiger partial charge in [0.05, 0.1) is 0 Å². The summed E-state index contributed by atoms with van der Waals surface area (Å²) in [5, 5.41) is 0. The van der Waals surface area contributed by atoms with Crippen molar-refractivity contribution in [3.8, 4) is 5.75 Å². The molecule has 0 saturated heterocycles. The fourth-order valence-corrected chi connectivity index (χ4v) is 4.35. The summed E-state index contributed by atoms with van der Waals surface area (Å²) >= 11 is 0. The van der Waals surface area contributed by atoms with Gasteiger partial charge in [-0.25, -0.2) is 10.0 Å². The molecule has 1 aromatic rings. The number of ether oxygens (including phenoxy) is 2. The van der Waals surface area contributed by atoms with Crippen molar-refractivity contribution in [2.24, 2.45) is 5.41 Å². The molecular formula is C20H36O2S. The van der Waals surface area contributed by atoms with Crippen molar-refractivity contribution in [1.82, 2.24) is 0 Å². The Morgan fingerprint density at radius 1 is 1.00 bits per heavy atom. The molecule has 0 bridgehead atoms. The van der Waals surface area contributed by atoms with Crippen LogP contribution in [0.4, 0.5) is 0 Å². The molecule has 0 aliphatic heterocycles. The summed E-state index contributed by atoms with van der Waals surface area (Å²) in [4.78, 5) is 1.33. The van der Waals surface area contributed by atoms with Crippen LogP contribution < -0.4 is 4.74 Å². The molecule has 0 spiro atoms. The smallest absolute Gasteiger partial charge is 0.189 e. The SMILES string of the molecule is CCOCOc1ccc(C(C)(C)CC(C)(C)C)cc1S(C)(C)C. The lowest BCUT2D eigenvalue weighted by atomic mass is 9.72. The standard InChI is InChI=1S/C20H36O2S/c1-10-21-15-22-17-12-11-16(13-18(17)23(7,8)9)20(5,6)14-19(2,3)4/h11-13H,10,14-15H2,1-9H3. The lowest BCUT2D eigenvalue weighted by molar-refractivity contribution is 0.0207.